The molecule has 3 aromatic heterocycles. The first kappa shape index (κ1) is 15.8. The highest BCUT2D eigenvalue weighted by molar-refractivity contribution is 5.89. The minimum Gasteiger partial charge on any atom is -0.469 e. The Hall–Kier alpha value is -3.10. The van der Waals surface area contributed by atoms with Crippen LogP contribution in [0.1, 0.15) is 31.3 Å². The van der Waals surface area contributed by atoms with Crippen molar-refractivity contribution in [2.75, 3.05) is 5.32 Å². The van der Waals surface area contributed by atoms with Gasteiger partial charge in [0.05, 0.1) is 11.8 Å². The van der Waals surface area contributed by atoms with Gasteiger partial charge in [-0.25, -0.2) is 4.79 Å². The third kappa shape index (κ3) is 3.14. The molecule has 3 heterocycles. The largest absolute Gasteiger partial charge is 0.469 e. The van der Waals surface area contributed by atoms with Crippen LogP contribution in [-0.2, 0) is 5.54 Å². The Labute approximate surface area is 137 Å². The summed E-state index contributed by atoms with van der Waals surface area (Å²) in [5.41, 5.74) is -0.0587. The van der Waals surface area contributed by atoms with E-state index in [1.165, 1.54) is 0 Å². The number of urea groups is 1. The SMILES string of the molecule is Cc1noc(C(C)(C)NC(=O)Nc2cc(-c3ccoc3C)on2)n1. The fraction of sp³-hybridized carbons (Fsp3) is 0.333. The topological polar surface area (TPSA) is 119 Å². The lowest BCUT2D eigenvalue weighted by molar-refractivity contribution is 0.228. The van der Waals surface area contributed by atoms with E-state index in [0.29, 0.717) is 23.2 Å². The normalized spacial score (nSPS) is 11.5. The highest BCUT2D eigenvalue weighted by Gasteiger charge is 2.29. The van der Waals surface area contributed by atoms with Crippen molar-refractivity contribution in [3.8, 4) is 11.3 Å². The molecule has 0 aliphatic heterocycles. The van der Waals surface area contributed by atoms with Crippen LogP contribution in [0.25, 0.3) is 11.3 Å². The van der Waals surface area contributed by atoms with E-state index in [0.717, 1.165) is 5.56 Å². The standard InChI is InChI=1S/C15H17N5O4/c1-8-10(5-6-22-8)11-7-12(20-23-11)17-14(21)18-15(3,4)13-16-9(2)19-24-13/h5-7H,1-4H3,(H2,17,18,20,21). The molecule has 0 aromatic carbocycles. The van der Waals surface area contributed by atoms with Gasteiger partial charge in [-0.05, 0) is 33.8 Å². The summed E-state index contributed by atoms with van der Waals surface area (Å²) in [6.45, 7) is 7.02. The molecule has 0 aliphatic carbocycles. The molecular formula is C15H17N5O4. The van der Waals surface area contributed by atoms with Crippen LogP contribution in [0.15, 0.2) is 31.9 Å². The summed E-state index contributed by atoms with van der Waals surface area (Å²) in [5, 5.41) is 12.9. The lowest BCUT2D eigenvalue weighted by Crippen LogP contribution is -2.43. The van der Waals surface area contributed by atoms with E-state index < -0.39 is 11.6 Å². The molecule has 0 spiro atoms. The zero-order chi connectivity index (χ0) is 17.3. The third-order valence-corrected chi connectivity index (χ3v) is 3.36. The second-order valence-electron chi connectivity index (χ2n) is 5.82. The molecule has 0 bridgehead atoms. The van der Waals surface area contributed by atoms with Gasteiger partial charge in [-0.1, -0.05) is 10.3 Å². The van der Waals surface area contributed by atoms with Crippen LogP contribution < -0.4 is 10.6 Å². The van der Waals surface area contributed by atoms with Crippen molar-refractivity contribution in [1.29, 1.82) is 0 Å². The Kier molecular flexibility index (Phi) is 3.84. The number of furan rings is 1. The van der Waals surface area contributed by atoms with Crippen molar-refractivity contribution in [1.82, 2.24) is 20.6 Å². The van der Waals surface area contributed by atoms with E-state index in [4.69, 9.17) is 13.5 Å². The summed E-state index contributed by atoms with van der Waals surface area (Å²) in [6, 6.07) is 2.90. The second-order valence-corrected chi connectivity index (χ2v) is 5.82. The third-order valence-electron chi connectivity index (χ3n) is 3.36. The zero-order valence-electron chi connectivity index (χ0n) is 13.7. The van der Waals surface area contributed by atoms with E-state index in [2.05, 4.69) is 25.9 Å². The van der Waals surface area contributed by atoms with Crippen LogP contribution in [0, 0.1) is 13.8 Å². The van der Waals surface area contributed by atoms with Gasteiger partial charge in [0.25, 0.3) is 5.89 Å². The first-order chi connectivity index (χ1) is 11.3. The summed E-state index contributed by atoms with van der Waals surface area (Å²) >= 11 is 0. The Morgan fingerprint density at radius 3 is 2.62 bits per heavy atom. The maximum absolute atomic E-state index is 12.2. The van der Waals surface area contributed by atoms with Gasteiger partial charge in [0.15, 0.2) is 17.4 Å². The lowest BCUT2D eigenvalue weighted by Gasteiger charge is -2.21. The molecule has 3 aromatic rings. The maximum atomic E-state index is 12.2. The van der Waals surface area contributed by atoms with Gasteiger partial charge in [0.1, 0.15) is 11.3 Å². The predicted molar refractivity (Wildman–Crippen MR) is 83.2 cm³/mol. The maximum Gasteiger partial charge on any atom is 0.321 e. The molecule has 0 radical (unpaired) electrons. The summed E-state index contributed by atoms with van der Waals surface area (Å²) < 4.78 is 15.5. The van der Waals surface area contributed by atoms with E-state index in [9.17, 15) is 4.79 Å². The van der Waals surface area contributed by atoms with Gasteiger partial charge in [-0.15, -0.1) is 0 Å². The van der Waals surface area contributed by atoms with Gasteiger partial charge < -0.3 is 18.8 Å². The number of carbonyl (C=O) groups excluding carboxylic acids is 1. The summed E-state index contributed by atoms with van der Waals surface area (Å²) in [4.78, 5) is 16.3. The van der Waals surface area contributed by atoms with Gasteiger partial charge in [0, 0.05) is 6.07 Å². The minimum atomic E-state index is -0.834. The monoisotopic (exact) mass is 331 g/mol. The van der Waals surface area contributed by atoms with Gasteiger partial charge in [-0.3, -0.25) is 5.32 Å². The van der Waals surface area contributed by atoms with Crippen molar-refractivity contribution in [3.63, 3.8) is 0 Å². The van der Waals surface area contributed by atoms with Crippen molar-refractivity contribution < 1.29 is 18.3 Å². The summed E-state index contributed by atoms with van der Waals surface area (Å²) in [6.07, 6.45) is 1.56. The Morgan fingerprint density at radius 1 is 1.21 bits per heavy atom. The number of rotatable bonds is 4. The van der Waals surface area contributed by atoms with Crippen LogP contribution in [0.4, 0.5) is 10.6 Å². The fourth-order valence-electron chi connectivity index (χ4n) is 2.14. The number of anilines is 1. The number of carbonyl (C=O) groups is 1. The molecule has 0 unspecified atom stereocenters. The van der Waals surface area contributed by atoms with Gasteiger partial charge >= 0.3 is 6.03 Å². The summed E-state index contributed by atoms with van der Waals surface area (Å²) in [5.74, 6) is 2.29. The van der Waals surface area contributed by atoms with E-state index in [-0.39, 0.29) is 5.82 Å². The molecule has 0 saturated carbocycles. The second kappa shape index (κ2) is 5.84. The lowest BCUT2D eigenvalue weighted by atomic mass is 10.1. The van der Waals surface area contributed by atoms with Crippen LogP contribution in [-0.4, -0.2) is 21.3 Å². The van der Waals surface area contributed by atoms with Crippen molar-refractivity contribution in [2.45, 2.75) is 33.2 Å². The first-order valence-electron chi connectivity index (χ1n) is 7.26. The Morgan fingerprint density at radius 2 is 2.00 bits per heavy atom. The van der Waals surface area contributed by atoms with Gasteiger partial charge in [-0.2, -0.15) is 4.98 Å². The number of hydrogen-bond acceptors (Lipinski definition) is 7. The number of aryl methyl sites for hydroxylation is 2. The number of nitrogens with zero attached hydrogens (tertiary/aromatic N) is 3. The molecule has 2 amide bonds. The minimum absolute atomic E-state index is 0.278. The molecule has 126 valence electrons. The van der Waals surface area contributed by atoms with Crippen LogP contribution >= 0.6 is 0 Å². The Balaban J connectivity index is 1.67. The van der Waals surface area contributed by atoms with Gasteiger partial charge in [0.2, 0.25) is 0 Å². The van der Waals surface area contributed by atoms with Crippen molar-refractivity contribution >= 4 is 11.8 Å². The van der Waals surface area contributed by atoms with E-state index >= 15 is 0 Å². The molecule has 24 heavy (non-hydrogen) atoms. The molecule has 0 atom stereocenters. The van der Waals surface area contributed by atoms with Crippen LogP contribution in [0.3, 0.4) is 0 Å². The highest BCUT2D eigenvalue weighted by atomic mass is 16.5. The molecule has 9 nitrogen and oxygen atoms in total. The van der Waals surface area contributed by atoms with E-state index in [1.807, 2.05) is 6.92 Å². The molecule has 0 fully saturated rings. The predicted octanol–water partition coefficient (Wildman–Crippen LogP) is 2.99. The number of amides is 2. The average molecular weight is 331 g/mol. The fourth-order valence-corrected chi connectivity index (χ4v) is 2.14. The average Bonchev–Trinajstić information content (AvgIpc) is 3.19. The van der Waals surface area contributed by atoms with Crippen molar-refractivity contribution in [3.05, 3.63) is 35.9 Å². The molecule has 0 saturated heterocycles. The molecular weight excluding hydrogens is 314 g/mol. The number of hydrogen-bond donors (Lipinski definition) is 2. The van der Waals surface area contributed by atoms with Crippen molar-refractivity contribution in [2.24, 2.45) is 0 Å². The zero-order valence-corrected chi connectivity index (χ0v) is 13.7. The number of aromatic nitrogens is 3. The summed E-state index contributed by atoms with van der Waals surface area (Å²) in [7, 11) is 0. The van der Waals surface area contributed by atoms with Crippen LogP contribution in [0.2, 0.25) is 0 Å². The molecule has 0 aliphatic rings. The molecule has 3 rings (SSSR count). The van der Waals surface area contributed by atoms with Crippen LogP contribution in [0.5, 0.6) is 0 Å². The quantitative estimate of drug-likeness (QED) is 0.754. The smallest absolute Gasteiger partial charge is 0.321 e. The number of nitrogens with one attached hydrogen (secondary N) is 2. The first-order valence-corrected chi connectivity index (χ1v) is 7.26. The highest BCUT2D eigenvalue weighted by Crippen LogP contribution is 2.26. The molecule has 9 heteroatoms. The van der Waals surface area contributed by atoms with E-state index in [1.54, 1.807) is 39.2 Å². The Bertz CT molecular complexity index is 861. The molecule has 2 N–H and O–H groups in total.